The number of hydrogen-bond acceptors (Lipinski definition) is 1. The fraction of sp³-hybridized carbons (Fsp3) is 0.455. The van der Waals surface area contributed by atoms with E-state index >= 15 is 0 Å². The summed E-state index contributed by atoms with van der Waals surface area (Å²) in [6.45, 7) is 6.20. The Labute approximate surface area is 74.6 Å². The maximum atomic E-state index is 5.95. The van der Waals surface area contributed by atoms with E-state index in [4.69, 9.17) is 5.73 Å². The SMILES string of the molecule is CCc1ccc(C(C)(C)N)cc1. The van der Waals surface area contributed by atoms with Gasteiger partial charge in [-0.25, -0.2) is 0 Å². The van der Waals surface area contributed by atoms with Crippen LogP contribution >= 0.6 is 0 Å². The van der Waals surface area contributed by atoms with Crippen LogP contribution < -0.4 is 5.73 Å². The molecule has 0 aromatic heterocycles. The summed E-state index contributed by atoms with van der Waals surface area (Å²) >= 11 is 0. The second kappa shape index (κ2) is 3.28. The largest absolute Gasteiger partial charge is 0.322 e. The van der Waals surface area contributed by atoms with Gasteiger partial charge in [-0.05, 0) is 31.4 Å². The maximum Gasteiger partial charge on any atom is 0.0352 e. The Hall–Kier alpha value is -0.820. The Morgan fingerprint density at radius 1 is 1.17 bits per heavy atom. The zero-order valence-electron chi connectivity index (χ0n) is 8.09. The van der Waals surface area contributed by atoms with Gasteiger partial charge in [0, 0.05) is 5.54 Å². The molecule has 12 heavy (non-hydrogen) atoms. The quantitative estimate of drug-likeness (QED) is 0.712. The molecule has 1 nitrogen and oxygen atoms in total. The van der Waals surface area contributed by atoms with Gasteiger partial charge in [-0.3, -0.25) is 0 Å². The van der Waals surface area contributed by atoms with E-state index in [0.717, 1.165) is 6.42 Å². The summed E-state index contributed by atoms with van der Waals surface area (Å²) in [6.07, 6.45) is 1.09. The zero-order valence-corrected chi connectivity index (χ0v) is 8.09. The van der Waals surface area contributed by atoms with Crippen molar-refractivity contribution in [2.24, 2.45) is 5.73 Å². The molecular formula is C11H17N. The van der Waals surface area contributed by atoms with E-state index in [1.165, 1.54) is 11.1 Å². The Bertz CT molecular complexity index is 241. The van der Waals surface area contributed by atoms with Crippen molar-refractivity contribution in [2.45, 2.75) is 32.7 Å². The molecule has 0 heterocycles. The van der Waals surface area contributed by atoms with Crippen LogP contribution in [-0.2, 0) is 12.0 Å². The molecule has 0 bridgehead atoms. The second-order valence-corrected chi connectivity index (χ2v) is 3.77. The van der Waals surface area contributed by atoms with Gasteiger partial charge in [0.15, 0.2) is 0 Å². The first kappa shape index (κ1) is 9.27. The summed E-state index contributed by atoms with van der Waals surface area (Å²) in [6, 6.07) is 8.51. The number of rotatable bonds is 2. The van der Waals surface area contributed by atoms with Crippen LogP contribution in [0.4, 0.5) is 0 Å². The van der Waals surface area contributed by atoms with Gasteiger partial charge in [0.2, 0.25) is 0 Å². The third-order valence-corrected chi connectivity index (χ3v) is 2.11. The van der Waals surface area contributed by atoms with Gasteiger partial charge >= 0.3 is 0 Å². The van der Waals surface area contributed by atoms with Gasteiger partial charge < -0.3 is 5.73 Å². The molecule has 0 fully saturated rings. The van der Waals surface area contributed by atoms with Crippen molar-refractivity contribution in [1.82, 2.24) is 0 Å². The number of benzene rings is 1. The minimum Gasteiger partial charge on any atom is -0.322 e. The Morgan fingerprint density at radius 3 is 2.00 bits per heavy atom. The summed E-state index contributed by atoms with van der Waals surface area (Å²) in [4.78, 5) is 0. The summed E-state index contributed by atoms with van der Waals surface area (Å²) in [5.74, 6) is 0. The van der Waals surface area contributed by atoms with Gasteiger partial charge in [-0.15, -0.1) is 0 Å². The van der Waals surface area contributed by atoms with Crippen LogP contribution in [0.15, 0.2) is 24.3 Å². The third kappa shape index (κ3) is 2.08. The van der Waals surface area contributed by atoms with Crippen molar-refractivity contribution >= 4 is 0 Å². The van der Waals surface area contributed by atoms with E-state index in [0.29, 0.717) is 0 Å². The van der Waals surface area contributed by atoms with Gasteiger partial charge in [-0.1, -0.05) is 31.2 Å². The van der Waals surface area contributed by atoms with E-state index in [1.54, 1.807) is 0 Å². The molecule has 66 valence electrons. The predicted molar refractivity (Wildman–Crippen MR) is 53.0 cm³/mol. The first-order valence-electron chi connectivity index (χ1n) is 4.42. The summed E-state index contributed by atoms with van der Waals surface area (Å²) in [7, 11) is 0. The smallest absolute Gasteiger partial charge is 0.0352 e. The molecule has 0 amide bonds. The number of aryl methyl sites for hydroxylation is 1. The Kier molecular flexibility index (Phi) is 2.53. The van der Waals surface area contributed by atoms with Crippen LogP contribution in [0, 0.1) is 0 Å². The van der Waals surface area contributed by atoms with E-state index in [2.05, 4.69) is 31.2 Å². The molecule has 1 aromatic rings. The van der Waals surface area contributed by atoms with E-state index < -0.39 is 0 Å². The van der Waals surface area contributed by atoms with Gasteiger partial charge in [0.05, 0.1) is 0 Å². The normalized spacial score (nSPS) is 11.7. The molecule has 0 spiro atoms. The zero-order chi connectivity index (χ0) is 9.19. The molecule has 0 atom stereocenters. The van der Waals surface area contributed by atoms with Crippen LogP contribution in [0.3, 0.4) is 0 Å². The highest BCUT2D eigenvalue weighted by Gasteiger charge is 2.12. The fourth-order valence-electron chi connectivity index (χ4n) is 1.17. The van der Waals surface area contributed by atoms with Gasteiger partial charge in [-0.2, -0.15) is 0 Å². The highest BCUT2D eigenvalue weighted by atomic mass is 14.7. The van der Waals surface area contributed by atoms with Crippen molar-refractivity contribution in [1.29, 1.82) is 0 Å². The standard InChI is InChI=1S/C11H17N/c1-4-9-5-7-10(8-6-9)11(2,3)12/h5-8H,4,12H2,1-3H3. The first-order chi connectivity index (χ1) is 5.54. The highest BCUT2D eigenvalue weighted by Crippen LogP contribution is 2.16. The van der Waals surface area contributed by atoms with Gasteiger partial charge in [0.1, 0.15) is 0 Å². The summed E-state index contributed by atoms with van der Waals surface area (Å²) in [5.41, 5.74) is 8.29. The first-order valence-corrected chi connectivity index (χ1v) is 4.42. The lowest BCUT2D eigenvalue weighted by Crippen LogP contribution is -2.28. The number of nitrogens with two attached hydrogens (primary N) is 1. The van der Waals surface area contributed by atoms with Crippen molar-refractivity contribution < 1.29 is 0 Å². The molecule has 0 aliphatic rings. The van der Waals surface area contributed by atoms with Gasteiger partial charge in [0.25, 0.3) is 0 Å². The lowest BCUT2D eigenvalue weighted by atomic mass is 9.94. The Morgan fingerprint density at radius 2 is 1.67 bits per heavy atom. The molecule has 0 saturated heterocycles. The summed E-state index contributed by atoms with van der Waals surface area (Å²) < 4.78 is 0. The second-order valence-electron chi connectivity index (χ2n) is 3.77. The minimum absolute atomic E-state index is 0.216. The molecule has 0 unspecified atom stereocenters. The molecular weight excluding hydrogens is 146 g/mol. The van der Waals surface area contributed by atoms with E-state index in [-0.39, 0.29) is 5.54 Å². The van der Waals surface area contributed by atoms with E-state index in [9.17, 15) is 0 Å². The maximum absolute atomic E-state index is 5.95. The lowest BCUT2D eigenvalue weighted by Gasteiger charge is -2.19. The van der Waals surface area contributed by atoms with E-state index in [1.807, 2.05) is 13.8 Å². The van der Waals surface area contributed by atoms with Crippen LogP contribution in [0.1, 0.15) is 31.9 Å². The molecule has 0 aliphatic heterocycles. The molecule has 0 saturated carbocycles. The van der Waals surface area contributed by atoms with Crippen molar-refractivity contribution in [2.75, 3.05) is 0 Å². The average molecular weight is 163 g/mol. The molecule has 1 heteroatoms. The lowest BCUT2D eigenvalue weighted by molar-refractivity contribution is 0.554. The molecule has 0 radical (unpaired) electrons. The predicted octanol–water partition coefficient (Wildman–Crippen LogP) is 2.44. The fourth-order valence-corrected chi connectivity index (χ4v) is 1.17. The minimum atomic E-state index is -0.216. The topological polar surface area (TPSA) is 26.0 Å². The van der Waals surface area contributed by atoms with Crippen LogP contribution in [0.5, 0.6) is 0 Å². The van der Waals surface area contributed by atoms with Crippen molar-refractivity contribution in [3.63, 3.8) is 0 Å². The molecule has 0 aliphatic carbocycles. The Balaban J connectivity index is 2.93. The van der Waals surface area contributed by atoms with Crippen LogP contribution in [0.2, 0.25) is 0 Å². The molecule has 1 rings (SSSR count). The average Bonchev–Trinajstić information content (AvgIpc) is 2.03. The monoisotopic (exact) mass is 163 g/mol. The van der Waals surface area contributed by atoms with Crippen LogP contribution in [-0.4, -0.2) is 0 Å². The molecule has 1 aromatic carbocycles. The van der Waals surface area contributed by atoms with Crippen molar-refractivity contribution in [3.05, 3.63) is 35.4 Å². The molecule has 2 N–H and O–H groups in total. The third-order valence-electron chi connectivity index (χ3n) is 2.11. The summed E-state index contributed by atoms with van der Waals surface area (Å²) in [5, 5.41) is 0. The highest BCUT2D eigenvalue weighted by molar-refractivity contribution is 5.26. The number of hydrogen-bond donors (Lipinski definition) is 1. The van der Waals surface area contributed by atoms with Crippen molar-refractivity contribution in [3.8, 4) is 0 Å². The van der Waals surface area contributed by atoms with Crippen LogP contribution in [0.25, 0.3) is 0 Å².